The van der Waals surface area contributed by atoms with E-state index in [9.17, 15) is 9.90 Å². The largest absolute Gasteiger partial charge is 0.507 e. The topological polar surface area (TPSA) is 49.8 Å². The van der Waals surface area contributed by atoms with Crippen LogP contribution < -0.4 is 0 Å². The first-order valence-corrected chi connectivity index (χ1v) is 13.9. The summed E-state index contributed by atoms with van der Waals surface area (Å²) < 4.78 is 5.38. The number of phenolic OH excluding ortho intramolecular Hbond substituents is 1. The molecular formula is C26H41NO3S2. The van der Waals surface area contributed by atoms with E-state index in [2.05, 4.69) is 53.7 Å². The first-order valence-electron chi connectivity index (χ1n) is 12.0. The molecule has 1 amide bonds. The molecule has 0 spiro atoms. The predicted octanol–water partition coefficient (Wildman–Crippen LogP) is 5.98. The lowest BCUT2D eigenvalue weighted by Gasteiger charge is -2.33. The molecule has 1 aromatic carbocycles. The molecule has 32 heavy (non-hydrogen) atoms. The third kappa shape index (κ3) is 6.60. The number of phenols is 1. The number of thioether (sulfide) groups is 2. The van der Waals surface area contributed by atoms with Gasteiger partial charge in [-0.05, 0) is 35.8 Å². The average Bonchev–Trinajstić information content (AvgIpc) is 2.73. The van der Waals surface area contributed by atoms with Crippen LogP contribution in [0.5, 0.6) is 5.75 Å². The van der Waals surface area contributed by atoms with Crippen molar-refractivity contribution in [2.45, 2.75) is 93.5 Å². The zero-order valence-corrected chi connectivity index (χ0v) is 22.3. The first-order chi connectivity index (χ1) is 15.0. The van der Waals surface area contributed by atoms with Gasteiger partial charge in [-0.3, -0.25) is 4.79 Å². The zero-order chi connectivity index (χ0) is 23.5. The molecule has 1 aliphatic heterocycles. The van der Waals surface area contributed by atoms with Crippen molar-refractivity contribution in [2.75, 3.05) is 32.1 Å². The highest BCUT2D eigenvalue weighted by Gasteiger charge is 2.31. The van der Waals surface area contributed by atoms with Gasteiger partial charge in [0.2, 0.25) is 5.91 Å². The van der Waals surface area contributed by atoms with Gasteiger partial charge >= 0.3 is 0 Å². The molecular weight excluding hydrogens is 438 g/mol. The van der Waals surface area contributed by atoms with Crippen LogP contribution in [-0.2, 0) is 20.4 Å². The molecule has 2 unspecified atom stereocenters. The Kier molecular flexibility index (Phi) is 8.54. The molecule has 3 rings (SSSR count). The minimum Gasteiger partial charge on any atom is -0.507 e. The van der Waals surface area contributed by atoms with Crippen molar-refractivity contribution >= 4 is 29.4 Å². The number of hydrogen-bond donors (Lipinski definition) is 1. The quantitative estimate of drug-likeness (QED) is 0.563. The van der Waals surface area contributed by atoms with Crippen LogP contribution in [0.4, 0.5) is 0 Å². The highest BCUT2D eigenvalue weighted by Crippen LogP contribution is 2.45. The monoisotopic (exact) mass is 479 g/mol. The maximum Gasteiger partial charge on any atom is 0.232 e. The number of carbonyl (C=O) groups excluding carboxylic acids is 1. The minimum absolute atomic E-state index is 0.119. The van der Waals surface area contributed by atoms with Crippen molar-refractivity contribution in [2.24, 2.45) is 0 Å². The molecule has 2 fully saturated rings. The highest BCUT2D eigenvalue weighted by atomic mass is 32.2. The summed E-state index contributed by atoms with van der Waals surface area (Å²) in [4.78, 5) is 15.9. The second-order valence-corrected chi connectivity index (χ2v) is 13.7. The zero-order valence-electron chi connectivity index (χ0n) is 20.7. The molecule has 1 heterocycles. The summed E-state index contributed by atoms with van der Waals surface area (Å²) in [7, 11) is 0. The predicted molar refractivity (Wildman–Crippen MR) is 137 cm³/mol. The molecule has 2 atom stereocenters. The standard InChI is InChI=1S/C26H41NO3S2/c1-25(2,3)19-15-18(16-20(24(19)29)26(4,5)6)32-22-10-8-7-9-21(22)31-17-23(28)27-11-13-30-14-12-27/h15-16,21-22,29H,7-14,17H2,1-6H3. The van der Waals surface area contributed by atoms with Crippen LogP contribution in [0, 0.1) is 0 Å². The Bertz CT molecular complexity index is 756. The molecule has 1 N–H and O–H groups in total. The first kappa shape index (κ1) is 25.8. The molecule has 4 nitrogen and oxygen atoms in total. The Morgan fingerprint density at radius 3 is 2.06 bits per heavy atom. The molecule has 0 bridgehead atoms. The Morgan fingerprint density at radius 2 is 1.53 bits per heavy atom. The number of nitrogens with zero attached hydrogens (tertiary/aromatic N) is 1. The van der Waals surface area contributed by atoms with E-state index in [0.29, 0.717) is 35.2 Å². The summed E-state index contributed by atoms with van der Waals surface area (Å²) in [6, 6.07) is 4.40. The SMILES string of the molecule is CC(C)(C)c1cc(SC2CCCCC2SCC(=O)N2CCOCC2)cc(C(C)(C)C)c1O. The van der Waals surface area contributed by atoms with Crippen LogP contribution in [0.3, 0.4) is 0 Å². The Hall–Kier alpha value is -0.850. The molecule has 6 heteroatoms. The summed E-state index contributed by atoms with van der Waals surface area (Å²) in [5.74, 6) is 1.26. The van der Waals surface area contributed by atoms with Gasteiger partial charge in [-0.1, -0.05) is 54.4 Å². The van der Waals surface area contributed by atoms with Crippen molar-refractivity contribution in [3.8, 4) is 5.75 Å². The van der Waals surface area contributed by atoms with E-state index in [4.69, 9.17) is 4.74 Å². The van der Waals surface area contributed by atoms with Gasteiger partial charge in [0.15, 0.2) is 0 Å². The molecule has 2 aliphatic rings. The molecule has 1 aromatic rings. The summed E-state index contributed by atoms with van der Waals surface area (Å²) in [6.45, 7) is 15.8. The van der Waals surface area contributed by atoms with E-state index in [-0.39, 0.29) is 16.7 Å². The highest BCUT2D eigenvalue weighted by molar-refractivity contribution is 8.04. The lowest BCUT2D eigenvalue weighted by molar-refractivity contribution is -0.132. The lowest BCUT2D eigenvalue weighted by atomic mass is 9.79. The van der Waals surface area contributed by atoms with Crippen LogP contribution in [0.2, 0.25) is 0 Å². The fourth-order valence-corrected chi connectivity index (χ4v) is 7.38. The van der Waals surface area contributed by atoms with Crippen molar-refractivity contribution in [3.63, 3.8) is 0 Å². The number of benzene rings is 1. The van der Waals surface area contributed by atoms with Crippen LogP contribution in [0.15, 0.2) is 17.0 Å². The van der Waals surface area contributed by atoms with E-state index in [1.165, 1.54) is 30.6 Å². The lowest BCUT2D eigenvalue weighted by Crippen LogP contribution is -2.42. The maximum absolute atomic E-state index is 12.7. The van der Waals surface area contributed by atoms with Crippen molar-refractivity contribution < 1.29 is 14.6 Å². The summed E-state index contributed by atoms with van der Waals surface area (Å²) in [5, 5.41) is 12.0. The van der Waals surface area contributed by atoms with E-state index >= 15 is 0 Å². The average molecular weight is 480 g/mol. The van der Waals surface area contributed by atoms with Gasteiger partial charge in [0.05, 0.1) is 19.0 Å². The van der Waals surface area contributed by atoms with E-state index in [0.717, 1.165) is 24.2 Å². The van der Waals surface area contributed by atoms with Gasteiger partial charge in [-0.15, -0.1) is 23.5 Å². The van der Waals surface area contributed by atoms with E-state index in [1.807, 2.05) is 28.4 Å². The fraction of sp³-hybridized carbons (Fsp3) is 0.731. The molecule has 0 aromatic heterocycles. The molecule has 0 radical (unpaired) electrons. The second-order valence-electron chi connectivity index (χ2n) is 11.2. The molecule has 1 saturated heterocycles. The van der Waals surface area contributed by atoms with Crippen molar-refractivity contribution in [1.29, 1.82) is 0 Å². The second kappa shape index (κ2) is 10.6. The number of amides is 1. The van der Waals surface area contributed by atoms with Gasteiger partial charge in [-0.25, -0.2) is 0 Å². The summed E-state index contributed by atoms with van der Waals surface area (Å²) in [5.41, 5.74) is 1.81. The van der Waals surface area contributed by atoms with Gasteiger partial charge in [0.1, 0.15) is 5.75 Å². The number of hydrogen-bond acceptors (Lipinski definition) is 5. The number of carbonyl (C=O) groups is 1. The van der Waals surface area contributed by atoms with Crippen LogP contribution >= 0.6 is 23.5 Å². The van der Waals surface area contributed by atoms with Crippen molar-refractivity contribution in [3.05, 3.63) is 23.3 Å². The summed E-state index contributed by atoms with van der Waals surface area (Å²) >= 11 is 3.80. The normalized spacial score (nSPS) is 22.8. The Morgan fingerprint density at radius 1 is 1.00 bits per heavy atom. The van der Waals surface area contributed by atoms with Gasteiger partial charge in [0.25, 0.3) is 0 Å². The third-order valence-electron chi connectivity index (χ3n) is 6.41. The van der Waals surface area contributed by atoms with Gasteiger partial charge in [-0.2, -0.15) is 0 Å². The van der Waals surface area contributed by atoms with E-state index < -0.39 is 0 Å². The number of ether oxygens (including phenoxy) is 1. The smallest absolute Gasteiger partial charge is 0.232 e. The van der Waals surface area contributed by atoms with Crippen LogP contribution in [-0.4, -0.2) is 58.5 Å². The van der Waals surface area contributed by atoms with Gasteiger partial charge in [0, 0.05) is 39.6 Å². The van der Waals surface area contributed by atoms with Gasteiger partial charge < -0.3 is 14.7 Å². The fourth-order valence-electron chi connectivity index (χ4n) is 4.46. The van der Waals surface area contributed by atoms with E-state index in [1.54, 1.807) is 0 Å². The number of rotatable bonds is 5. The number of aromatic hydroxyl groups is 1. The van der Waals surface area contributed by atoms with Crippen LogP contribution in [0.1, 0.15) is 78.4 Å². The summed E-state index contributed by atoms with van der Waals surface area (Å²) in [6.07, 6.45) is 4.86. The number of morpholine rings is 1. The maximum atomic E-state index is 12.7. The molecule has 1 aliphatic carbocycles. The minimum atomic E-state index is -0.119. The Labute approximate surface area is 203 Å². The molecule has 1 saturated carbocycles. The Balaban J connectivity index is 1.75. The van der Waals surface area contributed by atoms with Crippen LogP contribution in [0.25, 0.3) is 0 Å². The third-order valence-corrected chi connectivity index (χ3v) is 9.37. The van der Waals surface area contributed by atoms with Crippen molar-refractivity contribution in [1.82, 2.24) is 4.90 Å². The molecule has 180 valence electrons.